The van der Waals surface area contributed by atoms with Crippen LogP contribution in [0.2, 0.25) is 5.02 Å². The first kappa shape index (κ1) is 17.5. The standard InChI is InChI=1S/C14H16BrClN2O3S/c15-9-3-4-12(11(16)6-9)21-8-13(19)18-14(22)17-7-10-2-1-5-20-10/h3-4,6,10H,1-2,5,7-8H2,(H2,17,18,19,22). The molecule has 0 saturated carbocycles. The second kappa shape index (κ2) is 8.67. The van der Waals surface area contributed by atoms with E-state index >= 15 is 0 Å². The van der Waals surface area contributed by atoms with E-state index in [0.717, 1.165) is 23.9 Å². The highest BCUT2D eigenvalue weighted by atomic mass is 79.9. The largest absolute Gasteiger partial charge is 0.482 e. The van der Waals surface area contributed by atoms with Crippen molar-refractivity contribution < 1.29 is 14.3 Å². The van der Waals surface area contributed by atoms with Crippen molar-refractivity contribution in [3.63, 3.8) is 0 Å². The quantitative estimate of drug-likeness (QED) is 0.735. The molecule has 2 rings (SSSR count). The van der Waals surface area contributed by atoms with E-state index < -0.39 is 0 Å². The fourth-order valence-corrected chi connectivity index (χ4v) is 2.88. The van der Waals surface area contributed by atoms with Crippen molar-refractivity contribution >= 4 is 50.8 Å². The molecule has 1 aliphatic rings. The van der Waals surface area contributed by atoms with Crippen molar-refractivity contribution in [2.24, 2.45) is 0 Å². The van der Waals surface area contributed by atoms with E-state index in [-0.39, 0.29) is 23.7 Å². The lowest BCUT2D eigenvalue weighted by atomic mass is 10.2. The molecule has 1 amide bonds. The van der Waals surface area contributed by atoms with E-state index in [1.54, 1.807) is 18.2 Å². The maximum atomic E-state index is 11.8. The molecule has 1 unspecified atom stereocenters. The average molecular weight is 408 g/mol. The number of hydrogen-bond acceptors (Lipinski definition) is 4. The molecule has 0 spiro atoms. The van der Waals surface area contributed by atoms with Gasteiger partial charge in [0.25, 0.3) is 5.91 Å². The Morgan fingerprint density at radius 3 is 3.05 bits per heavy atom. The zero-order valence-corrected chi connectivity index (χ0v) is 14.9. The summed E-state index contributed by atoms with van der Waals surface area (Å²) in [5.74, 6) is 0.0991. The van der Waals surface area contributed by atoms with Gasteiger partial charge in [-0.1, -0.05) is 27.5 Å². The molecule has 22 heavy (non-hydrogen) atoms. The summed E-state index contributed by atoms with van der Waals surface area (Å²) in [6.07, 6.45) is 2.23. The van der Waals surface area contributed by atoms with Gasteiger partial charge in [-0.3, -0.25) is 4.79 Å². The lowest BCUT2D eigenvalue weighted by molar-refractivity contribution is -0.121. The molecular formula is C14H16BrClN2O3S. The van der Waals surface area contributed by atoms with Gasteiger partial charge in [0.2, 0.25) is 0 Å². The number of nitrogens with one attached hydrogen (secondary N) is 2. The average Bonchev–Trinajstić information content (AvgIpc) is 2.97. The molecule has 1 aromatic rings. The van der Waals surface area contributed by atoms with Gasteiger partial charge < -0.3 is 20.1 Å². The Morgan fingerprint density at radius 2 is 2.36 bits per heavy atom. The number of benzene rings is 1. The first-order valence-electron chi connectivity index (χ1n) is 6.82. The molecule has 5 nitrogen and oxygen atoms in total. The van der Waals surface area contributed by atoms with E-state index in [2.05, 4.69) is 26.6 Å². The first-order valence-corrected chi connectivity index (χ1v) is 8.39. The SMILES string of the molecule is O=C(COc1ccc(Br)cc1Cl)NC(=S)NCC1CCCO1. The zero-order valence-electron chi connectivity index (χ0n) is 11.7. The van der Waals surface area contributed by atoms with Crippen molar-refractivity contribution in [1.29, 1.82) is 0 Å². The van der Waals surface area contributed by atoms with Crippen LogP contribution in [-0.4, -0.2) is 36.9 Å². The Kier molecular flexibility index (Phi) is 6.88. The molecule has 1 heterocycles. The van der Waals surface area contributed by atoms with Crippen LogP contribution >= 0.6 is 39.7 Å². The Hall–Kier alpha value is -0.890. The van der Waals surface area contributed by atoms with Crippen molar-refractivity contribution in [2.75, 3.05) is 19.8 Å². The normalized spacial score (nSPS) is 17.1. The summed E-state index contributed by atoms with van der Waals surface area (Å²) in [6, 6.07) is 5.17. The van der Waals surface area contributed by atoms with Crippen LogP contribution in [0, 0.1) is 0 Å². The molecule has 8 heteroatoms. The van der Waals surface area contributed by atoms with Crippen LogP contribution in [0.15, 0.2) is 22.7 Å². The Labute approximate surface area is 147 Å². The lowest BCUT2D eigenvalue weighted by Gasteiger charge is -2.13. The molecular weight excluding hydrogens is 392 g/mol. The monoisotopic (exact) mass is 406 g/mol. The van der Waals surface area contributed by atoms with Crippen molar-refractivity contribution in [3.05, 3.63) is 27.7 Å². The number of rotatable bonds is 5. The number of carbonyl (C=O) groups excluding carboxylic acids is 1. The van der Waals surface area contributed by atoms with Gasteiger partial charge in [0.1, 0.15) is 5.75 Å². The molecule has 0 radical (unpaired) electrons. The Bertz CT molecular complexity index is 553. The third-order valence-electron chi connectivity index (χ3n) is 3.02. The summed E-state index contributed by atoms with van der Waals surface area (Å²) < 4.78 is 11.7. The number of amides is 1. The number of halogens is 2. The second-order valence-corrected chi connectivity index (χ2v) is 6.49. The van der Waals surface area contributed by atoms with Crippen molar-refractivity contribution in [2.45, 2.75) is 18.9 Å². The summed E-state index contributed by atoms with van der Waals surface area (Å²) in [6.45, 7) is 1.22. The summed E-state index contributed by atoms with van der Waals surface area (Å²) in [7, 11) is 0. The van der Waals surface area contributed by atoms with Crippen molar-refractivity contribution in [1.82, 2.24) is 10.6 Å². The van der Waals surface area contributed by atoms with E-state index in [1.807, 2.05) is 0 Å². The van der Waals surface area contributed by atoms with Crippen LogP contribution in [0.25, 0.3) is 0 Å². The zero-order chi connectivity index (χ0) is 15.9. The summed E-state index contributed by atoms with van der Waals surface area (Å²) in [5, 5.41) is 6.21. The summed E-state index contributed by atoms with van der Waals surface area (Å²) >= 11 is 14.4. The van der Waals surface area contributed by atoms with Crippen LogP contribution in [-0.2, 0) is 9.53 Å². The van der Waals surface area contributed by atoms with Crippen LogP contribution in [0.5, 0.6) is 5.75 Å². The predicted octanol–water partition coefficient (Wildman–Crippen LogP) is 2.65. The Morgan fingerprint density at radius 1 is 1.55 bits per heavy atom. The van der Waals surface area contributed by atoms with Gasteiger partial charge in [0.15, 0.2) is 11.7 Å². The first-order chi connectivity index (χ1) is 10.5. The number of ether oxygens (including phenoxy) is 2. The van der Waals surface area contributed by atoms with E-state index in [9.17, 15) is 4.79 Å². The van der Waals surface area contributed by atoms with Crippen LogP contribution < -0.4 is 15.4 Å². The van der Waals surface area contributed by atoms with Gasteiger partial charge in [-0.05, 0) is 43.3 Å². The van der Waals surface area contributed by atoms with Gasteiger partial charge in [-0.2, -0.15) is 0 Å². The molecule has 2 N–H and O–H groups in total. The predicted molar refractivity (Wildman–Crippen MR) is 92.4 cm³/mol. The maximum absolute atomic E-state index is 11.8. The maximum Gasteiger partial charge on any atom is 0.264 e. The van der Waals surface area contributed by atoms with Crippen molar-refractivity contribution in [3.8, 4) is 5.75 Å². The minimum absolute atomic E-state index is 0.160. The number of hydrogen-bond donors (Lipinski definition) is 2. The third-order valence-corrected chi connectivity index (χ3v) is 4.05. The topological polar surface area (TPSA) is 59.6 Å². The molecule has 1 aliphatic heterocycles. The molecule has 1 atom stereocenters. The van der Waals surface area contributed by atoms with E-state index in [1.165, 1.54) is 0 Å². The highest BCUT2D eigenvalue weighted by Gasteiger charge is 2.16. The molecule has 0 bridgehead atoms. The number of carbonyl (C=O) groups is 1. The van der Waals surface area contributed by atoms with Gasteiger partial charge in [0.05, 0.1) is 11.1 Å². The number of thiocarbonyl (C=S) groups is 1. The van der Waals surface area contributed by atoms with Gasteiger partial charge in [-0.15, -0.1) is 0 Å². The minimum atomic E-state index is -0.344. The third kappa shape index (κ3) is 5.72. The second-order valence-electron chi connectivity index (χ2n) is 4.76. The molecule has 0 aromatic heterocycles. The molecule has 0 aliphatic carbocycles. The smallest absolute Gasteiger partial charge is 0.264 e. The van der Waals surface area contributed by atoms with Crippen LogP contribution in [0.4, 0.5) is 0 Å². The van der Waals surface area contributed by atoms with E-state index in [4.69, 9.17) is 33.3 Å². The van der Waals surface area contributed by atoms with Gasteiger partial charge in [-0.25, -0.2) is 0 Å². The minimum Gasteiger partial charge on any atom is -0.482 e. The highest BCUT2D eigenvalue weighted by Crippen LogP contribution is 2.27. The van der Waals surface area contributed by atoms with Gasteiger partial charge >= 0.3 is 0 Å². The lowest BCUT2D eigenvalue weighted by Crippen LogP contribution is -2.43. The van der Waals surface area contributed by atoms with Crippen LogP contribution in [0.3, 0.4) is 0 Å². The van der Waals surface area contributed by atoms with Crippen LogP contribution in [0.1, 0.15) is 12.8 Å². The fraction of sp³-hybridized carbons (Fsp3) is 0.429. The van der Waals surface area contributed by atoms with Gasteiger partial charge in [0, 0.05) is 17.6 Å². The molecule has 1 saturated heterocycles. The molecule has 120 valence electrons. The molecule has 1 aromatic carbocycles. The fourth-order valence-electron chi connectivity index (χ4n) is 1.95. The summed E-state index contributed by atoms with van der Waals surface area (Å²) in [4.78, 5) is 11.8. The summed E-state index contributed by atoms with van der Waals surface area (Å²) in [5.41, 5.74) is 0. The van der Waals surface area contributed by atoms with E-state index in [0.29, 0.717) is 17.3 Å². The Balaban J connectivity index is 1.69. The highest BCUT2D eigenvalue weighted by molar-refractivity contribution is 9.10. The molecule has 1 fully saturated rings.